The quantitative estimate of drug-likeness (QED) is 0.731. The van der Waals surface area contributed by atoms with Gasteiger partial charge in [-0.1, -0.05) is 48.0 Å². The lowest BCUT2D eigenvalue weighted by molar-refractivity contribution is -0.116. The van der Waals surface area contributed by atoms with Crippen LogP contribution in [0.5, 0.6) is 0 Å². The van der Waals surface area contributed by atoms with Gasteiger partial charge in [-0.05, 0) is 24.6 Å². The first-order valence-corrected chi connectivity index (χ1v) is 10.6. The Morgan fingerprint density at radius 1 is 1.04 bits per heavy atom. The summed E-state index contributed by atoms with van der Waals surface area (Å²) in [7, 11) is -3.69. The maximum atomic E-state index is 13.1. The zero-order valence-electron chi connectivity index (χ0n) is 14.1. The van der Waals surface area contributed by atoms with E-state index < -0.39 is 9.84 Å². The largest absolute Gasteiger partial charge is 0.324 e. The monoisotopic (exact) mass is 383 g/mol. The van der Waals surface area contributed by atoms with Gasteiger partial charge in [0.1, 0.15) is 4.90 Å². The summed E-state index contributed by atoms with van der Waals surface area (Å²) in [6.45, 7) is 1.91. The van der Waals surface area contributed by atoms with Crippen molar-refractivity contribution in [3.8, 4) is 0 Å². The van der Waals surface area contributed by atoms with Crippen LogP contribution >= 0.6 is 11.3 Å². The van der Waals surface area contributed by atoms with Crippen molar-refractivity contribution in [2.45, 2.75) is 29.1 Å². The smallest absolute Gasteiger partial charge is 0.225 e. The van der Waals surface area contributed by atoms with E-state index in [1.54, 1.807) is 29.6 Å². The van der Waals surface area contributed by atoms with Crippen molar-refractivity contribution >= 4 is 32.8 Å². The molecule has 132 valence electrons. The fraction of sp³-hybridized carbons (Fsp3) is 0.150. The number of thiophene rings is 1. The number of aryl methyl sites for hydroxylation is 1. The predicted molar refractivity (Wildman–Crippen MR) is 102 cm³/mol. The van der Waals surface area contributed by atoms with E-state index >= 15 is 0 Å². The van der Waals surface area contributed by atoms with Gasteiger partial charge in [-0.2, -0.15) is 0 Å². The minimum atomic E-state index is -3.69. The van der Waals surface area contributed by atoms with Gasteiger partial charge in [-0.25, -0.2) is 8.42 Å². The fourth-order valence-corrected chi connectivity index (χ4v) is 6.11. The Hall–Kier alpha value is -2.44. The van der Waals surface area contributed by atoms with Crippen LogP contribution in [-0.2, 0) is 14.6 Å². The second kappa shape index (κ2) is 6.37. The van der Waals surface area contributed by atoms with Crippen molar-refractivity contribution in [3.05, 3.63) is 76.0 Å². The van der Waals surface area contributed by atoms with E-state index in [-0.39, 0.29) is 21.6 Å². The molecule has 0 spiro atoms. The number of hydrogen-bond donors (Lipinski definition) is 1. The molecular weight excluding hydrogens is 366 g/mol. The molecule has 6 heteroatoms. The van der Waals surface area contributed by atoms with Crippen LogP contribution < -0.4 is 5.32 Å². The molecule has 1 aliphatic heterocycles. The highest BCUT2D eigenvalue weighted by atomic mass is 32.2. The molecular formula is C20H17NO3S2. The normalized spacial score (nSPS) is 16.8. The number of carbonyl (C=O) groups is 1. The van der Waals surface area contributed by atoms with Crippen molar-refractivity contribution in [2.75, 3.05) is 5.32 Å². The van der Waals surface area contributed by atoms with Gasteiger partial charge in [0.05, 0.1) is 10.6 Å². The minimum absolute atomic E-state index is 0.119. The van der Waals surface area contributed by atoms with E-state index in [1.807, 2.05) is 37.3 Å². The van der Waals surface area contributed by atoms with Crippen molar-refractivity contribution < 1.29 is 13.2 Å². The number of amides is 1. The summed E-state index contributed by atoms with van der Waals surface area (Å²) in [6, 6.07) is 16.5. The maximum Gasteiger partial charge on any atom is 0.225 e. The molecule has 0 radical (unpaired) electrons. The molecule has 1 aromatic heterocycles. The van der Waals surface area contributed by atoms with Crippen LogP contribution in [0.1, 0.15) is 28.3 Å². The van der Waals surface area contributed by atoms with Crippen LogP contribution in [-0.4, -0.2) is 14.3 Å². The molecule has 26 heavy (non-hydrogen) atoms. The van der Waals surface area contributed by atoms with Gasteiger partial charge in [0, 0.05) is 22.6 Å². The molecule has 0 fully saturated rings. The van der Waals surface area contributed by atoms with Crippen LogP contribution in [0.25, 0.3) is 0 Å². The molecule has 2 aromatic carbocycles. The number of sulfone groups is 1. The van der Waals surface area contributed by atoms with Crippen LogP contribution in [0.2, 0.25) is 0 Å². The fourth-order valence-electron chi connectivity index (χ4n) is 3.20. The summed E-state index contributed by atoms with van der Waals surface area (Å²) in [4.78, 5) is 13.6. The van der Waals surface area contributed by atoms with E-state index in [9.17, 15) is 13.2 Å². The lowest BCUT2D eigenvalue weighted by atomic mass is 9.91. The number of rotatable bonds is 3. The molecule has 2 heterocycles. The summed E-state index contributed by atoms with van der Waals surface area (Å²) in [6.07, 6.45) is 0.321. The molecule has 0 saturated heterocycles. The van der Waals surface area contributed by atoms with Crippen LogP contribution in [0.4, 0.5) is 5.69 Å². The first kappa shape index (κ1) is 17.0. The first-order chi connectivity index (χ1) is 12.5. The Labute approximate surface area is 156 Å². The Bertz CT molecular complexity index is 1070. The van der Waals surface area contributed by atoms with Crippen molar-refractivity contribution in [3.63, 3.8) is 0 Å². The molecule has 4 rings (SSSR count). The van der Waals surface area contributed by atoms with Crippen molar-refractivity contribution in [1.29, 1.82) is 0 Å². The third-order valence-electron chi connectivity index (χ3n) is 4.58. The highest BCUT2D eigenvalue weighted by molar-refractivity contribution is 7.91. The Kier molecular flexibility index (Phi) is 4.17. The second-order valence-electron chi connectivity index (χ2n) is 6.37. The summed E-state index contributed by atoms with van der Waals surface area (Å²) < 4.78 is 26.2. The standard InChI is InChI=1S/C20H17NO3S2/c1-13-7-9-15(10-8-13)26(23,24)17-12-25-20-16(11-18(22)21-19(17)20)14-5-3-2-4-6-14/h2-10,12,16H,11H2,1H3,(H,21,22). The van der Waals surface area contributed by atoms with Crippen LogP contribution in [0.3, 0.4) is 0 Å². The van der Waals surface area contributed by atoms with Crippen molar-refractivity contribution in [2.24, 2.45) is 0 Å². The van der Waals surface area contributed by atoms with E-state index in [4.69, 9.17) is 0 Å². The maximum absolute atomic E-state index is 13.1. The van der Waals surface area contributed by atoms with Gasteiger partial charge in [-0.15, -0.1) is 11.3 Å². The molecule has 0 aliphatic carbocycles. The van der Waals surface area contributed by atoms with Gasteiger partial charge >= 0.3 is 0 Å². The molecule has 1 unspecified atom stereocenters. The SMILES string of the molecule is Cc1ccc(S(=O)(=O)c2csc3c2NC(=O)CC3c2ccccc2)cc1. The number of hydrogen-bond acceptors (Lipinski definition) is 4. The number of nitrogens with one attached hydrogen (secondary N) is 1. The third kappa shape index (κ3) is 2.85. The average Bonchev–Trinajstić information content (AvgIpc) is 3.06. The Morgan fingerprint density at radius 2 is 1.73 bits per heavy atom. The van der Waals surface area contributed by atoms with E-state index in [0.29, 0.717) is 12.1 Å². The Morgan fingerprint density at radius 3 is 2.42 bits per heavy atom. The molecule has 0 bridgehead atoms. The number of benzene rings is 2. The highest BCUT2D eigenvalue weighted by Gasteiger charge is 2.34. The number of carbonyl (C=O) groups excluding carboxylic acids is 1. The molecule has 1 aliphatic rings. The molecule has 1 amide bonds. The molecule has 3 aromatic rings. The topological polar surface area (TPSA) is 63.2 Å². The van der Waals surface area contributed by atoms with Gasteiger partial charge in [0.2, 0.25) is 15.7 Å². The average molecular weight is 383 g/mol. The summed E-state index contributed by atoms with van der Waals surface area (Å²) in [5.41, 5.74) is 2.44. The molecule has 1 atom stereocenters. The zero-order valence-corrected chi connectivity index (χ0v) is 15.7. The third-order valence-corrected chi connectivity index (χ3v) is 7.62. The van der Waals surface area contributed by atoms with Gasteiger partial charge in [0.15, 0.2) is 0 Å². The Balaban J connectivity index is 1.83. The summed E-state index contributed by atoms with van der Waals surface area (Å²) >= 11 is 1.39. The summed E-state index contributed by atoms with van der Waals surface area (Å²) in [5.74, 6) is -0.281. The van der Waals surface area contributed by atoms with E-state index in [2.05, 4.69) is 5.32 Å². The van der Waals surface area contributed by atoms with E-state index in [0.717, 1.165) is 16.0 Å². The van der Waals surface area contributed by atoms with Crippen molar-refractivity contribution in [1.82, 2.24) is 0 Å². The van der Waals surface area contributed by atoms with Gasteiger partial charge < -0.3 is 5.32 Å². The van der Waals surface area contributed by atoms with Gasteiger partial charge in [-0.3, -0.25) is 4.79 Å². The van der Waals surface area contributed by atoms with E-state index in [1.165, 1.54) is 11.3 Å². The first-order valence-electron chi connectivity index (χ1n) is 8.25. The summed E-state index contributed by atoms with van der Waals surface area (Å²) in [5, 5.41) is 4.43. The van der Waals surface area contributed by atoms with Gasteiger partial charge in [0.25, 0.3) is 0 Å². The minimum Gasteiger partial charge on any atom is -0.324 e. The lowest BCUT2D eigenvalue weighted by Gasteiger charge is -2.23. The predicted octanol–water partition coefficient (Wildman–Crippen LogP) is 4.36. The second-order valence-corrected chi connectivity index (χ2v) is 9.20. The lowest BCUT2D eigenvalue weighted by Crippen LogP contribution is -2.23. The zero-order chi connectivity index (χ0) is 18.3. The van der Waals surface area contributed by atoms with Crippen LogP contribution in [0, 0.1) is 6.92 Å². The van der Waals surface area contributed by atoms with Crippen LogP contribution in [0.15, 0.2) is 69.8 Å². The number of fused-ring (bicyclic) bond motifs is 1. The number of anilines is 1. The highest BCUT2D eigenvalue weighted by Crippen LogP contribution is 2.45. The molecule has 4 nitrogen and oxygen atoms in total. The molecule has 0 saturated carbocycles. The molecule has 1 N–H and O–H groups in total.